The zero-order chi connectivity index (χ0) is 28.4. The van der Waals surface area contributed by atoms with Crippen LogP contribution in [0.25, 0.3) is 0 Å². The van der Waals surface area contributed by atoms with Crippen molar-refractivity contribution >= 4 is 23.5 Å². The van der Waals surface area contributed by atoms with Crippen LogP contribution < -0.4 is 38.8 Å². The molecule has 212 valence electrons. The standard InChI is InChI=1S/C28H36N5O4P3/c1-21-13-5-9-17-25(21)34-39(35-26-18-10-6-14-22(26)2)31-38(29,30)32-40(33-39,36-27-19-11-7-15-23(27)3)37-28-20-12-8-16-24(28)4/h5-20,31,33,39-40H,29-30H2,1-4H3. The number of nitrogens with one attached hydrogen (secondary N) is 2. The SMILES string of the molecule is Cc1ccccc1O[PH]1(Oc2ccccc2C)N=P(N)(N)N[PH](Oc2ccccc2C)(Oc2ccccc2C)N1. The molecule has 12 heteroatoms. The average molecular weight is 600 g/mol. The van der Waals surface area contributed by atoms with Crippen molar-refractivity contribution < 1.29 is 18.1 Å². The van der Waals surface area contributed by atoms with E-state index >= 15 is 0 Å². The number of nitrogens with two attached hydrogens (primary N) is 2. The summed E-state index contributed by atoms with van der Waals surface area (Å²) in [6.45, 7) is 7.84. The third-order valence-electron chi connectivity index (χ3n) is 6.32. The van der Waals surface area contributed by atoms with E-state index in [0.717, 1.165) is 22.3 Å². The monoisotopic (exact) mass is 599 g/mol. The van der Waals surface area contributed by atoms with Gasteiger partial charge in [-0.25, -0.2) is 0 Å². The van der Waals surface area contributed by atoms with Crippen molar-refractivity contribution in [2.24, 2.45) is 15.5 Å². The van der Waals surface area contributed by atoms with Gasteiger partial charge in [-0.1, -0.05) is 0 Å². The van der Waals surface area contributed by atoms with Crippen LogP contribution in [0, 0.1) is 27.7 Å². The van der Waals surface area contributed by atoms with E-state index in [4.69, 9.17) is 33.6 Å². The van der Waals surface area contributed by atoms with Gasteiger partial charge < -0.3 is 0 Å². The molecule has 0 unspecified atom stereocenters. The maximum atomic E-state index is 6.74. The van der Waals surface area contributed by atoms with Crippen molar-refractivity contribution in [2.45, 2.75) is 27.7 Å². The fraction of sp³-hybridized carbons (Fsp3) is 0.143. The van der Waals surface area contributed by atoms with Crippen molar-refractivity contribution in [2.75, 3.05) is 0 Å². The fourth-order valence-electron chi connectivity index (χ4n) is 4.26. The predicted molar refractivity (Wildman–Crippen MR) is 168 cm³/mol. The summed E-state index contributed by atoms with van der Waals surface area (Å²) < 4.78 is 31.7. The summed E-state index contributed by atoms with van der Waals surface area (Å²) in [5, 5.41) is 0. The first-order chi connectivity index (χ1) is 19.1. The molecule has 1 heterocycles. The summed E-state index contributed by atoms with van der Waals surface area (Å²) in [7, 11) is -11.0. The van der Waals surface area contributed by atoms with E-state index in [1.165, 1.54) is 0 Å². The molecule has 0 bridgehead atoms. The van der Waals surface area contributed by atoms with Gasteiger partial charge in [-0.15, -0.1) is 0 Å². The van der Waals surface area contributed by atoms with Crippen LogP contribution in [0.4, 0.5) is 0 Å². The topological polar surface area (TPSA) is 125 Å². The zero-order valence-electron chi connectivity index (χ0n) is 22.9. The van der Waals surface area contributed by atoms with Crippen molar-refractivity contribution in [1.82, 2.24) is 9.72 Å². The number of nitrogens with zero attached hydrogens (tertiary/aromatic N) is 1. The summed E-state index contributed by atoms with van der Waals surface area (Å²) in [4.78, 5) is 6.79. The normalized spacial score (nSPS) is 18.4. The summed E-state index contributed by atoms with van der Waals surface area (Å²) in [6, 6.07) is 30.7. The maximum absolute atomic E-state index is 6.74. The minimum absolute atomic E-state index is 0.593. The van der Waals surface area contributed by atoms with Gasteiger partial charge in [-0.2, -0.15) is 0 Å². The van der Waals surface area contributed by atoms with Crippen molar-refractivity contribution in [3.05, 3.63) is 119 Å². The molecule has 0 saturated carbocycles. The van der Waals surface area contributed by atoms with Crippen LogP contribution in [-0.2, 0) is 0 Å². The summed E-state index contributed by atoms with van der Waals surface area (Å²) in [6.07, 6.45) is 0. The number of hydrogen-bond donors (Lipinski definition) is 4. The van der Waals surface area contributed by atoms with Gasteiger partial charge in [-0.3, -0.25) is 0 Å². The average Bonchev–Trinajstić information content (AvgIpc) is 2.89. The first-order valence-electron chi connectivity index (χ1n) is 12.9. The fourth-order valence-corrected chi connectivity index (χ4v) is 15.3. The molecule has 9 nitrogen and oxygen atoms in total. The number of aryl methyl sites for hydroxylation is 4. The molecule has 4 aromatic rings. The molecule has 4 aromatic carbocycles. The van der Waals surface area contributed by atoms with Gasteiger partial charge in [0.2, 0.25) is 0 Å². The van der Waals surface area contributed by atoms with Gasteiger partial charge in [0.1, 0.15) is 0 Å². The van der Waals surface area contributed by atoms with Crippen LogP contribution in [-0.4, -0.2) is 0 Å². The molecule has 0 atom stereocenters. The van der Waals surface area contributed by atoms with Gasteiger partial charge in [0.15, 0.2) is 0 Å². The molecular formula is C28H36N5O4P3. The number of benzene rings is 4. The van der Waals surface area contributed by atoms with Crippen molar-refractivity contribution in [3.63, 3.8) is 0 Å². The Bertz CT molecular complexity index is 1480. The van der Waals surface area contributed by atoms with Gasteiger partial charge in [0, 0.05) is 0 Å². The second-order valence-electron chi connectivity index (χ2n) is 9.74. The molecule has 1 aliphatic rings. The Balaban J connectivity index is 1.69. The molecule has 0 amide bonds. The van der Waals surface area contributed by atoms with E-state index < -0.39 is 23.5 Å². The first-order valence-corrected chi connectivity index (χ1v) is 18.3. The van der Waals surface area contributed by atoms with Crippen LogP contribution in [0.2, 0.25) is 0 Å². The Morgan fingerprint density at radius 1 is 0.550 bits per heavy atom. The van der Waals surface area contributed by atoms with Crippen molar-refractivity contribution in [3.8, 4) is 23.0 Å². The minimum atomic E-state index is -3.92. The van der Waals surface area contributed by atoms with E-state index in [-0.39, 0.29) is 0 Å². The molecular weight excluding hydrogens is 563 g/mol. The third-order valence-corrected chi connectivity index (χ3v) is 15.9. The molecule has 0 fully saturated rings. The van der Waals surface area contributed by atoms with E-state index in [0.29, 0.717) is 23.0 Å². The number of para-hydroxylation sites is 4. The Labute approximate surface area is 236 Å². The molecule has 0 saturated heterocycles. The van der Waals surface area contributed by atoms with Gasteiger partial charge in [0.05, 0.1) is 0 Å². The summed E-state index contributed by atoms with van der Waals surface area (Å²) in [5.74, 6) is 2.41. The number of rotatable bonds is 8. The Morgan fingerprint density at radius 2 is 0.875 bits per heavy atom. The third kappa shape index (κ3) is 6.49. The Hall–Kier alpha value is -2.99. The molecule has 1 aliphatic heterocycles. The van der Waals surface area contributed by atoms with Gasteiger partial charge in [0.25, 0.3) is 0 Å². The van der Waals surface area contributed by atoms with Crippen LogP contribution in [0.5, 0.6) is 23.0 Å². The molecule has 0 radical (unpaired) electrons. The van der Waals surface area contributed by atoms with Gasteiger partial charge in [-0.05, 0) is 0 Å². The van der Waals surface area contributed by atoms with E-state index in [1.807, 2.05) is 125 Å². The second kappa shape index (κ2) is 11.5. The van der Waals surface area contributed by atoms with Crippen LogP contribution in [0.15, 0.2) is 102 Å². The van der Waals surface area contributed by atoms with E-state index in [1.54, 1.807) is 0 Å². The van der Waals surface area contributed by atoms with Crippen molar-refractivity contribution in [1.29, 1.82) is 0 Å². The summed E-state index contributed by atoms with van der Waals surface area (Å²) >= 11 is 0. The molecule has 6 N–H and O–H groups in total. The quantitative estimate of drug-likeness (QED) is 0.154. The zero-order valence-corrected chi connectivity index (χ0v) is 25.8. The summed E-state index contributed by atoms with van der Waals surface area (Å²) in [5.41, 5.74) is 17.1. The molecule has 0 aromatic heterocycles. The molecule has 0 aliphatic carbocycles. The molecule has 40 heavy (non-hydrogen) atoms. The Morgan fingerprint density at radius 3 is 1.23 bits per heavy atom. The molecule has 5 rings (SSSR count). The predicted octanol–water partition coefficient (Wildman–Crippen LogP) is 7.41. The number of hydrogen-bond acceptors (Lipinski definition) is 9. The van der Waals surface area contributed by atoms with E-state index in [9.17, 15) is 0 Å². The second-order valence-corrected chi connectivity index (χ2v) is 17.1. The first kappa shape index (κ1) is 28.5. The molecule has 0 spiro atoms. The van der Waals surface area contributed by atoms with Crippen LogP contribution in [0.1, 0.15) is 22.3 Å². The Kier molecular flexibility index (Phi) is 8.19. The van der Waals surface area contributed by atoms with Gasteiger partial charge >= 0.3 is 237 Å². The van der Waals surface area contributed by atoms with Crippen LogP contribution in [0.3, 0.4) is 0 Å². The van der Waals surface area contributed by atoms with Crippen LogP contribution >= 0.6 is 23.5 Å². The van der Waals surface area contributed by atoms with E-state index in [2.05, 4.69) is 9.72 Å².